The average Bonchev–Trinajstić information content (AvgIpc) is 3.00. The van der Waals surface area contributed by atoms with Crippen molar-refractivity contribution in [2.75, 3.05) is 25.1 Å². The zero-order valence-electron chi connectivity index (χ0n) is 24.5. The second kappa shape index (κ2) is 14.9. The van der Waals surface area contributed by atoms with Gasteiger partial charge in [-0.05, 0) is 55.7 Å². The lowest BCUT2D eigenvalue weighted by Crippen LogP contribution is -2.53. The number of sulfonamides is 1. The van der Waals surface area contributed by atoms with Crippen LogP contribution in [0.1, 0.15) is 39.2 Å². The van der Waals surface area contributed by atoms with Crippen LogP contribution >= 0.6 is 11.6 Å². The molecule has 0 saturated carbocycles. The van der Waals surface area contributed by atoms with Gasteiger partial charge in [0.2, 0.25) is 11.8 Å². The average molecular weight is 616 g/mol. The van der Waals surface area contributed by atoms with Gasteiger partial charge in [-0.1, -0.05) is 61.8 Å². The van der Waals surface area contributed by atoms with Crippen molar-refractivity contribution in [1.82, 2.24) is 10.2 Å². The molecule has 11 heteroatoms. The summed E-state index contributed by atoms with van der Waals surface area (Å²) in [6.45, 7) is 5.02. The summed E-state index contributed by atoms with van der Waals surface area (Å²) in [5, 5.41) is 3.38. The van der Waals surface area contributed by atoms with Crippen LogP contribution in [-0.4, -0.2) is 58.0 Å². The summed E-state index contributed by atoms with van der Waals surface area (Å²) in [6.07, 6.45) is 1.01. The van der Waals surface area contributed by atoms with E-state index in [0.717, 1.165) is 4.31 Å². The lowest BCUT2D eigenvalue weighted by Gasteiger charge is -2.34. The number of hydrogen-bond donors (Lipinski definition) is 1. The Balaban J connectivity index is 2.15. The fourth-order valence-corrected chi connectivity index (χ4v) is 6.03. The van der Waals surface area contributed by atoms with Gasteiger partial charge in [0.1, 0.15) is 24.1 Å². The van der Waals surface area contributed by atoms with Crippen LogP contribution in [0.25, 0.3) is 0 Å². The summed E-state index contributed by atoms with van der Waals surface area (Å²) in [7, 11) is -1.40. The van der Waals surface area contributed by atoms with Crippen LogP contribution in [0.3, 0.4) is 0 Å². The number of benzene rings is 3. The molecular weight excluding hydrogens is 578 g/mol. The molecule has 2 amide bonds. The highest BCUT2D eigenvalue weighted by Gasteiger charge is 2.35. The maximum Gasteiger partial charge on any atom is 0.264 e. The molecule has 2 atom stereocenters. The quantitative estimate of drug-likeness (QED) is 0.265. The van der Waals surface area contributed by atoms with Crippen LogP contribution in [0.2, 0.25) is 5.02 Å². The molecule has 0 spiro atoms. The Bertz CT molecular complexity index is 1470. The van der Waals surface area contributed by atoms with Crippen molar-refractivity contribution in [2.45, 2.75) is 57.1 Å². The zero-order valence-corrected chi connectivity index (χ0v) is 26.1. The van der Waals surface area contributed by atoms with Crippen molar-refractivity contribution in [3.8, 4) is 11.5 Å². The topological polar surface area (TPSA) is 105 Å². The fraction of sp³-hybridized carbons (Fsp3) is 0.355. The van der Waals surface area contributed by atoms with E-state index in [1.807, 2.05) is 13.8 Å². The number of carbonyl (C=O) groups is 2. The molecule has 3 rings (SSSR count). The van der Waals surface area contributed by atoms with Crippen LogP contribution < -0.4 is 19.1 Å². The first-order chi connectivity index (χ1) is 20.1. The molecule has 9 nitrogen and oxygen atoms in total. The molecule has 0 radical (unpaired) electrons. The third-order valence-corrected chi connectivity index (χ3v) is 9.09. The Hall–Kier alpha value is -3.76. The molecule has 0 aliphatic rings. The van der Waals surface area contributed by atoms with Gasteiger partial charge in [-0.15, -0.1) is 0 Å². The minimum absolute atomic E-state index is 0.000586. The predicted octanol–water partition coefficient (Wildman–Crippen LogP) is 5.27. The highest BCUT2D eigenvalue weighted by molar-refractivity contribution is 7.92. The SMILES string of the molecule is CC[C@H](C)NC(=O)[C@H](CC)N(Cc1ccccc1Cl)C(=O)CN(c1cc(OC)ccc1OC)S(=O)(=O)c1ccccc1. The molecule has 3 aromatic carbocycles. The van der Waals surface area contributed by atoms with E-state index in [9.17, 15) is 18.0 Å². The van der Waals surface area contributed by atoms with Gasteiger partial charge >= 0.3 is 0 Å². The number of methoxy groups -OCH3 is 2. The highest BCUT2D eigenvalue weighted by atomic mass is 35.5. The molecule has 0 unspecified atom stereocenters. The van der Waals surface area contributed by atoms with Crippen molar-refractivity contribution in [1.29, 1.82) is 0 Å². The molecule has 1 N–H and O–H groups in total. The van der Waals surface area contributed by atoms with E-state index < -0.39 is 28.5 Å². The second-order valence-corrected chi connectivity index (χ2v) is 12.0. The lowest BCUT2D eigenvalue weighted by atomic mass is 10.1. The van der Waals surface area contributed by atoms with Crippen LogP contribution in [-0.2, 0) is 26.2 Å². The van der Waals surface area contributed by atoms with E-state index in [4.69, 9.17) is 21.1 Å². The number of anilines is 1. The molecule has 0 saturated heterocycles. The van der Waals surface area contributed by atoms with Crippen molar-refractivity contribution in [3.05, 3.63) is 83.4 Å². The maximum atomic E-state index is 14.3. The second-order valence-electron chi connectivity index (χ2n) is 9.72. The standard InChI is InChI=1S/C31H38ClN3O6S/c1-6-22(3)33-31(37)27(7-2)34(20-23-13-11-12-16-26(23)32)30(36)21-35(42(38,39)25-14-9-8-10-15-25)28-19-24(40-4)17-18-29(28)41-5/h8-19,22,27H,6-7,20-21H2,1-5H3,(H,33,37)/t22-,27-/m0/s1. The predicted molar refractivity (Wildman–Crippen MR) is 164 cm³/mol. The summed E-state index contributed by atoms with van der Waals surface area (Å²) >= 11 is 6.46. The summed E-state index contributed by atoms with van der Waals surface area (Å²) < 4.78 is 40.0. The van der Waals surface area contributed by atoms with Gasteiger partial charge in [0.05, 0.1) is 24.8 Å². The van der Waals surface area contributed by atoms with Crippen molar-refractivity contribution >= 4 is 39.1 Å². The van der Waals surface area contributed by atoms with Gasteiger partial charge in [-0.2, -0.15) is 0 Å². The number of nitrogens with one attached hydrogen (secondary N) is 1. The zero-order chi connectivity index (χ0) is 30.9. The summed E-state index contributed by atoms with van der Waals surface area (Å²) in [6, 6.07) is 18.6. The Kier molecular flexibility index (Phi) is 11.6. The summed E-state index contributed by atoms with van der Waals surface area (Å²) in [5.74, 6) is -0.324. The minimum atomic E-state index is -4.27. The van der Waals surface area contributed by atoms with Crippen LogP contribution in [0.15, 0.2) is 77.7 Å². The van der Waals surface area contributed by atoms with Crippen molar-refractivity contribution < 1.29 is 27.5 Å². The number of carbonyl (C=O) groups excluding carboxylic acids is 2. The van der Waals surface area contributed by atoms with Gasteiger partial charge in [-0.3, -0.25) is 13.9 Å². The maximum absolute atomic E-state index is 14.3. The number of ether oxygens (including phenoxy) is 2. The third-order valence-electron chi connectivity index (χ3n) is 6.95. The van der Waals surface area contributed by atoms with E-state index >= 15 is 0 Å². The van der Waals surface area contributed by atoms with Crippen molar-refractivity contribution in [2.24, 2.45) is 0 Å². The first-order valence-corrected chi connectivity index (χ1v) is 15.5. The normalized spacial score (nSPS) is 12.6. The van der Waals surface area contributed by atoms with E-state index in [2.05, 4.69) is 5.32 Å². The van der Waals surface area contributed by atoms with Gasteiger partial charge in [0, 0.05) is 23.7 Å². The molecule has 0 bridgehead atoms. The third kappa shape index (κ3) is 7.74. The summed E-state index contributed by atoms with van der Waals surface area (Å²) in [5.41, 5.74) is 0.739. The molecule has 0 aliphatic heterocycles. The number of amides is 2. The van der Waals surface area contributed by atoms with Crippen LogP contribution in [0.4, 0.5) is 5.69 Å². The Morgan fingerprint density at radius 2 is 1.60 bits per heavy atom. The Labute approximate surface area is 253 Å². The van der Waals surface area contributed by atoms with E-state index in [1.165, 1.54) is 37.3 Å². The van der Waals surface area contributed by atoms with Gasteiger partial charge in [0.25, 0.3) is 10.0 Å². The van der Waals surface area contributed by atoms with Gasteiger partial charge in [0.15, 0.2) is 0 Å². The fourth-order valence-electron chi connectivity index (χ4n) is 4.40. The van der Waals surface area contributed by atoms with Gasteiger partial charge in [-0.25, -0.2) is 8.42 Å². The van der Waals surface area contributed by atoms with Crippen molar-refractivity contribution in [3.63, 3.8) is 0 Å². The monoisotopic (exact) mass is 615 g/mol. The first kappa shape index (κ1) is 32.8. The molecule has 0 heterocycles. The number of nitrogens with zero attached hydrogens (tertiary/aromatic N) is 2. The Morgan fingerprint density at radius 1 is 0.929 bits per heavy atom. The lowest BCUT2D eigenvalue weighted by molar-refractivity contribution is -0.140. The summed E-state index contributed by atoms with van der Waals surface area (Å²) in [4.78, 5) is 29.1. The van der Waals surface area contributed by atoms with Crippen LogP contribution in [0.5, 0.6) is 11.5 Å². The molecule has 0 aromatic heterocycles. The molecule has 0 fully saturated rings. The number of rotatable bonds is 14. The largest absolute Gasteiger partial charge is 0.497 e. The van der Waals surface area contributed by atoms with E-state index in [-0.39, 0.29) is 34.8 Å². The van der Waals surface area contributed by atoms with E-state index in [1.54, 1.807) is 61.5 Å². The van der Waals surface area contributed by atoms with Crippen LogP contribution in [0, 0.1) is 0 Å². The molecule has 226 valence electrons. The molecule has 3 aromatic rings. The number of hydrogen-bond acceptors (Lipinski definition) is 6. The molecular formula is C31H38ClN3O6S. The van der Waals surface area contributed by atoms with E-state index in [0.29, 0.717) is 29.2 Å². The highest BCUT2D eigenvalue weighted by Crippen LogP contribution is 2.36. The number of halogens is 1. The first-order valence-electron chi connectivity index (χ1n) is 13.7. The minimum Gasteiger partial charge on any atom is -0.497 e. The van der Waals surface area contributed by atoms with Gasteiger partial charge < -0.3 is 19.7 Å². The smallest absolute Gasteiger partial charge is 0.264 e. The Morgan fingerprint density at radius 3 is 2.19 bits per heavy atom. The molecule has 0 aliphatic carbocycles. The molecule has 42 heavy (non-hydrogen) atoms.